The average molecular weight is 523 g/mol. The molecule has 0 aliphatic carbocycles. The fraction of sp³-hybridized carbons (Fsp3) is 0.0968. The van der Waals surface area contributed by atoms with Gasteiger partial charge in [-0.2, -0.15) is 5.26 Å². The number of esters is 1. The van der Waals surface area contributed by atoms with E-state index in [4.69, 9.17) is 31.5 Å². The Bertz CT molecular complexity index is 1560. The van der Waals surface area contributed by atoms with E-state index >= 15 is 0 Å². The lowest BCUT2D eigenvalue weighted by molar-refractivity contribution is -0.133. The Hall–Kier alpha value is -4.73. The molecule has 0 fully saturated rings. The molecule has 1 atom stereocenters. The number of carbonyl (C=O) groups excluding carboxylic acids is 1. The van der Waals surface area contributed by atoms with Gasteiger partial charge in [0.2, 0.25) is 5.88 Å². The standard InChI is InChI=1S/C31H23ClN2O4/c32-27-12-5-4-9-22(27)19-36-23-11-6-10-21(16-23)30-25-14-13-24(17-28(25)38-31(34)26(30)18-33)37-29(35)15-20-7-2-1-3-8-20/h1-14,16-17,30H,15,19,34H2. The van der Waals surface area contributed by atoms with Crippen LogP contribution in [0.1, 0.15) is 28.2 Å². The first-order valence-corrected chi connectivity index (χ1v) is 12.3. The number of benzene rings is 4. The predicted molar refractivity (Wildman–Crippen MR) is 144 cm³/mol. The second kappa shape index (κ2) is 11.1. The van der Waals surface area contributed by atoms with E-state index < -0.39 is 11.9 Å². The van der Waals surface area contributed by atoms with E-state index in [-0.39, 0.29) is 17.9 Å². The van der Waals surface area contributed by atoms with Crippen LogP contribution in [0.25, 0.3) is 0 Å². The number of allylic oxidation sites excluding steroid dienone is 1. The van der Waals surface area contributed by atoms with Gasteiger partial charge < -0.3 is 19.9 Å². The maximum absolute atomic E-state index is 12.5. The number of hydrogen-bond donors (Lipinski definition) is 1. The van der Waals surface area contributed by atoms with Gasteiger partial charge in [0.25, 0.3) is 0 Å². The smallest absolute Gasteiger partial charge is 0.315 e. The Morgan fingerprint density at radius 3 is 2.53 bits per heavy atom. The quantitative estimate of drug-likeness (QED) is 0.226. The summed E-state index contributed by atoms with van der Waals surface area (Å²) in [4.78, 5) is 12.5. The molecular weight excluding hydrogens is 500 g/mol. The van der Waals surface area contributed by atoms with Crippen molar-refractivity contribution in [3.8, 4) is 23.3 Å². The summed E-state index contributed by atoms with van der Waals surface area (Å²) < 4.78 is 17.3. The molecule has 0 radical (unpaired) electrons. The predicted octanol–water partition coefficient (Wildman–Crippen LogP) is 6.29. The number of nitriles is 1. The van der Waals surface area contributed by atoms with Crippen molar-refractivity contribution in [2.45, 2.75) is 18.9 Å². The van der Waals surface area contributed by atoms with Crippen LogP contribution in [0.15, 0.2) is 109 Å². The molecule has 0 bridgehead atoms. The Morgan fingerprint density at radius 1 is 0.947 bits per heavy atom. The summed E-state index contributed by atoms with van der Waals surface area (Å²) in [5.41, 5.74) is 9.70. The first-order valence-electron chi connectivity index (χ1n) is 11.9. The molecule has 5 rings (SSSR count). The van der Waals surface area contributed by atoms with Crippen LogP contribution in [0.4, 0.5) is 0 Å². The third-order valence-electron chi connectivity index (χ3n) is 6.16. The van der Waals surface area contributed by atoms with E-state index in [2.05, 4.69) is 6.07 Å². The summed E-state index contributed by atoms with van der Waals surface area (Å²) in [5, 5.41) is 10.5. The Morgan fingerprint density at radius 2 is 1.74 bits per heavy atom. The Labute approximate surface area is 225 Å². The van der Waals surface area contributed by atoms with Crippen molar-refractivity contribution < 1.29 is 19.0 Å². The third-order valence-corrected chi connectivity index (χ3v) is 6.53. The van der Waals surface area contributed by atoms with Crippen molar-refractivity contribution in [2.24, 2.45) is 5.73 Å². The minimum atomic E-state index is -0.485. The van der Waals surface area contributed by atoms with Crippen molar-refractivity contribution in [1.82, 2.24) is 0 Å². The summed E-state index contributed by atoms with van der Waals surface area (Å²) >= 11 is 6.26. The molecule has 0 saturated heterocycles. The monoisotopic (exact) mass is 522 g/mol. The van der Waals surface area contributed by atoms with E-state index in [1.165, 1.54) is 0 Å². The van der Waals surface area contributed by atoms with Crippen molar-refractivity contribution in [3.63, 3.8) is 0 Å². The fourth-order valence-corrected chi connectivity index (χ4v) is 4.52. The minimum absolute atomic E-state index is 0.000140. The zero-order valence-electron chi connectivity index (χ0n) is 20.3. The molecule has 2 N–H and O–H groups in total. The number of rotatable bonds is 7. The zero-order valence-corrected chi connectivity index (χ0v) is 21.0. The van der Waals surface area contributed by atoms with Gasteiger partial charge >= 0.3 is 5.97 Å². The SMILES string of the molecule is N#CC1=C(N)Oc2cc(OC(=O)Cc3ccccc3)ccc2C1c1cccc(OCc2ccccc2Cl)c1. The normalized spacial score (nSPS) is 14.2. The fourth-order valence-electron chi connectivity index (χ4n) is 4.33. The van der Waals surface area contributed by atoms with Crippen molar-refractivity contribution in [3.05, 3.63) is 136 Å². The molecule has 0 amide bonds. The lowest BCUT2D eigenvalue weighted by atomic mass is 9.83. The van der Waals surface area contributed by atoms with E-state index in [1.807, 2.05) is 78.9 Å². The van der Waals surface area contributed by atoms with Crippen LogP contribution in [0, 0.1) is 11.3 Å². The van der Waals surface area contributed by atoms with Gasteiger partial charge in [0.05, 0.1) is 12.3 Å². The topological polar surface area (TPSA) is 94.6 Å². The van der Waals surface area contributed by atoms with Crippen LogP contribution >= 0.6 is 11.6 Å². The average Bonchev–Trinajstić information content (AvgIpc) is 2.92. The van der Waals surface area contributed by atoms with Gasteiger partial charge in [0.1, 0.15) is 35.5 Å². The summed E-state index contributed by atoms with van der Waals surface area (Å²) in [6.45, 7) is 0.300. The van der Waals surface area contributed by atoms with E-state index in [9.17, 15) is 10.1 Å². The van der Waals surface area contributed by atoms with Gasteiger partial charge in [0.15, 0.2) is 0 Å². The largest absolute Gasteiger partial charge is 0.489 e. The van der Waals surface area contributed by atoms with Crippen LogP contribution in [-0.2, 0) is 17.8 Å². The van der Waals surface area contributed by atoms with Gasteiger partial charge in [0, 0.05) is 22.2 Å². The third kappa shape index (κ3) is 5.49. The first kappa shape index (κ1) is 24.9. The highest BCUT2D eigenvalue weighted by Crippen LogP contribution is 2.44. The maximum Gasteiger partial charge on any atom is 0.315 e. The molecule has 6 nitrogen and oxygen atoms in total. The van der Waals surface area contributed by atoms with Crippen molar-refractivity contribution >= 4 is 17.6 Å². The number of hydrogen-bond acceptors (Lipinski definition) is 6. The molecule has 38 heavy (non-hydrogen) atoms. The van der Waals surface area contributed by atoms with Crippen LogP contribution in [0.5, 0.6) is 17.2 Å². The molecular formula is C31H23ClN2O4. The molecule has 1 aliphatic heterocycles. The van der Waals surface area contributed by atoms with Gasteiger partial charge in [-0.05, 0) is 35.4 Å². The number of halogens is 1. The van der Waals surface area contributed by atoms with Crippen molar-refractivity contribution in [2.75, 3.05) is 0 Å². The van der Waals surface area contributed by atoms with Gasteiger partial charge in [-0.1, -0.05) is 78.3 Å². The number of carbonyl (C=O) groups is 1. The zero-order chi connectivity index (χ0) is 26.5. The second-order valence-corrected chi connectivity index (χ2v) is 9.12. The highest BCUT2D eigenvalue weighted by Gasteiger charge is 2.31. The van der Waals surface area contributed by atoms with Crippen molar-refractivity contribution in [1.29, 1.82) is 5.26 Å². The van der Waals surface area contributed by atoms with Gasteiger partial charge in [-0.3, -0.25) is 4.79 Å². The highest BCUT2D eigenvalue weighted by molar-refractivity contribution is 6.31. The Balaban J connectivity index is 1.39. The summed E-state index contributed by atoms with van der Waals surface area (Å²) in [5.74, 6) is 0.486. The number of nitrogens with two attached hydrogens (primary N) is 1. The molecule has 0 saturated carbocycles. The van der Waals surface area contributed by atoms with Gasteiger partial charge in [-0.15, -0.1) is 0 Å². The van der Waals surface area contributed by atoms with E-state index in [0.717, 1.165) is 22.3 Å². The summed E-state index contributed by atoms with van der Waals surface area (Å²) in [6, 6.07) is 31.6. The number of ether oxygens (including phenoxy) is 3. The molecule has 0 aromatic heterocycles. The molecule has 1 unspecified atom stereocenters. The minimum Gasteiger partial charge on any atom is -0.489 e. The summed E-state index contributed by atoms with van der Waals surface area (Å²) in [7, 11) is 0. The van der Waals surface area contributed by atoms with Crippen LogP contribution in [-0.4, -0.2) is 5.97 Å². The molecule has 188 valence electrons. The molecule has 4 aromatic rings. The molecule has 1 aliphatic rings. The molecule has 7 heteroatoms. The molecule has 1 heterocycles. The maximum atomic E-state index is 12.5. The van der Waals surface area contributed by atoms with E-state index in [1.54, 1.807) is 18.2 Å². The van der Waals surface area contributed by atoms with Crippen LogP contribution in [0.2, 0.25) is 5.02 Å². The van der Waals surface area contributed by atoms with Crippen LogP contribution < -0.4 is 19.9 Å². The van der Waals surface area contributed by atoms with Crippen LogP contribution in [0.3, 0.4) is 0 Å². The molecule has 4 aromatic carbocycles. The highest BCUT2D eigenvalue weighted by atomic mass is 35.5. The number of nitrogens with zero attached hydrogens (tertiary/aromatic N) is 1. The van der Waals surface area contributed by atoms with E-state index in [0.29, 0.717) is 28.9 Å². The lowest BCUT2D eigenvalue weighted by Crippen LogP contribution is -2.21. The molecule has 0 spiro atoms. The Kier molecular flexibility index (Phi) is 7.30. The lowest BCUT2D eigenvalue weighted by Gasteiger charge is -2.27. The van der Waals surface area contributed by atoms with Gasteiger partial charge in [-0.25, -0.2) is 0 Å². The summed E-state index contributed by atoms with van der Waals surface area (Å²) in [6.07, 6.45) is 0.142. The first-order chi connectivity index (χ1) is 18.5. The second-order valence-electron chi connectivity index (χ2n) is 8.71. The number of fused-ring (bicyclic) bond motifs is 1.